The van der Waals surface area contributed by atoms with E-state index in [9.17, 15) is 8.42 Å². The molecule has 5 heteroatoms. The Hall–Kier alpha value is -1.59. The van der Waals surface area contributed by atoms with Crippen molar-refractivity contribution in [3.05, 3.63) is 53.8 Å². The van der Waals surface area contributed by atoms with Gasteiger partial charge in [-0.15, -0.1) is 0 Å². The molecule has 3 rings (SSSR count). The highest BCUT2D eigenvalue weighted by Gasteiger charge is 2.40. The molecule has 0 saturated carbocycles. The maximum Gasteiger partial charge on any atom is 0.242 e. The van der Waals surface area contributed by atoms with Gasteiger partial charge in [0.2, 0.25) is 10.0 Å². The minimum absolute atomic E-state index is 0.334. The molecule has 1 unspecified atom stereocenters. The van der Waals surface area contributed by atoms with Gasteiger partial charge < -0.3 is 4.90 Å². The van der Waals surface area contributed by atoms with Crippen molar-refractivity contribution >= 4 is 15.7 Å². The van der Waals surface area contributed by atoms with Crippen LogP contribution in [0.2, 0.25) is 0 Å². The third kappa shape index (κ3) is 3.42. The SMILES string of the molecule is CN(C)CCCC1CC2=C(CCC=C2)N(c2ccccc2)S1(=O)=O. The zero-order valence-electron chi connectivity index (χ0n) is 14.5. The van der Waals surface area contributed by atoms with Crippen LogP contribution in [0.3, 0.4) is 0 Å². The Morgan fingerprint density at radius 3 is 2.67 bits per heavy atom. The Morgan fingerprint density at radius 2 is 1.96 bits per heavy atom. The van der Waals surface area contributed by atoms with Crippen LogP contribution in [-0.2, 0) is 10.0 Å². The summed E-state index contributed by atoms with van der Waals surface area (Å²) in [6.07, 6.45) is 8.23. The van der Waals surface area contributed by atoms with Gasteiger partial charge in [0.05, 0.1) is 10.9 Å². The molecule has 0 amide bonds. The Kier molecular flexibility index (Phi) is 5.11. The molecule has 1 atom stereocenters. The molecule has 0 saturated heterocycles. The number of allylic oxidation sites excluding steroid dienone is 4. The molecule has 2 aliphatic rings. The van der Waals surface area contributed by atoms with E-state index < -0.39 is 10.0 Å². The molecule has 0 fully saturated rings. The standard InChI is InChI=1S/C19H26N2O2S/c1-20(2)14-8-12-18-15-16-9-6-7-13-19(16)21(24(18,22)23)17-10-4-3-5-11-17/h3-6,9-11,18H,7-8,12-15H2,1-2H3. The van der Waals surface area contributed by atoms with Crippen molar-refractivity contribution in [2.75, 3.05) is 24.9 Å². The second kappa shape index (κ2) is 7.11. The second-order valence-electron chi connectivity index (χ2n) is 6.83. The lowest BCUT2D eigenvalue weighted by Gasteiger charge is -2.38. The Bertz CT molecular complexity index is 736. The summed E-state index contributed by atoms with van der Waals surface area (Å²) >= 11 is 0. The second-order valence-corrected chi connectivity index (χ2v) is 8.89. The van der Waals surface area contributed by atoms with Crippen LogP contribution in [0, 0.1) is 0 Å². The molecule has 1 heterocycles. The van der Waals surface area contributed by atoms with Gasteiger partial charge in [-0.05, 0) is 70.5 Å². The number of benzene rings is 1. The fourth-order valence-corrected chi connectivity index (χ4v) is 5.61. The highest BCUT2D eigenvalue weighted by atomic mass is 32.2. The van der Waals surface area contributed by atoms with E-state index in [1.807, 2.05) is 44.4 Å². The van der Waals surface area contributed by atoms with E-state index >= 15 is 0 Å². The average molecular weight is 346 g/mol. The first-order valence-corrected chi connectivity index (χ1v) is 10.1. The minimum atomic E-state index is -3.36. The van der Waals surface area contributed by atoms with Crippen molar-refractivity contribution in [2.45, 2.75) is 37.4 Å². The van der Waals surface area contributed by atoms with Crippen LogP contribution in [-0.4, -0.2) is 39.2 Å². The normalized spacial score (nSPS) is 22.8. The van der Waals surface area contributed by atoms with E-state index in [-0.39, 0.29) is 5.25 Å². The maximum atomic E-state index is 13.3. The van der Waals surface area contributed by atoms with Crippen molar-refractivity contribution in [3.63, 3.8) is 0 Å². The van der Waals surface area contributed by atoms with Gasteiger partial charge in [0, 0.05) is 5.70 Å². The third-order valence-electron chi connectivity index (χ3n) is 4.73. The summed E-state index contributed by atoms with van der Waals surface area (Å²) in [6.45, 7) is 0.916. The molecule has 4 nitrogen and oxygen atoms in total. The van der Waals surface area contributed by atoms with Gasteiger partial charge in [0.1, 0.15) is 0 Å². The molecule has 0 radical (unpaired) electrons. The van der Waals surface area contributed by atoms with Crippen LogP contribution >= 0.6 is 0 Å². The lowest BCUT2D eigenvalue weighted by atomic mass is 9.97. The lowest BCUT2D eigenvalue weighted by Crippen LogP contribution is -2.43. The number of para-hydroxylation sites is 1. The smallest absolute Gasteiger partial charge is 0.242 e. The van der Waals surface area contributed by atoms with Gasteiger partial charge in [-0.25, -0.2) is 12.7 Å². The summed E-state index contributed by atoms with van der Waals surface area (Å²) < 4.78 is 28.2. The zero-order chi connectivity index (χ0) is 17.2. The third-order valence-corrected chi connectivity index (χ3v) is 6.91. The topological polar surface area (TPSA) is 40.6 Å². The van der Waals surface area contributed by atoms with E-state index in [1.165, 1.54) is 5.57 Å². The molecule has 0 bridgehead atoms. The van der Waals surface area contributed by atoms with Crippen LogP contribution in [0.4, 0.5) is 5.69 Å². The van der Waals surface area contributed by atoms with Crippen LogP contribution in [0.15, 0.2) is 53.8 Å². The van der Waals surface area contributed by atoms with Gasteiger partial charge in [0.15, 0.2) is 0 Å². The fraction of sp³-hybridized carbons (Fsp3) is 0.474. The number of hydrogen-bond donors (Lipinski definition) is 0. The molecular weight excluding hydrogens is 320 g/mol. The van der Waals surface area contributed by atoms with Crippen molar-refractivity contribution in [3.8, 4) is 0 Å². The predicted octanol–water partition coefficient (Wildman–Crippen LogP) is 3.54. The van der Waals surface area contributed by atoms with Crippen LogP contribution in [0.1, 0.15) is 32.1 Å². The first-order valence-electron chi connectivity index (χ1n) is 8.62. The summed E-state index contributed by atoms with van der Waals surface area (Å²) in [5, 5.41) is -0.334. The lowest BCUT2D eigenvalue weighted by molar-refractivity contribution is 0.390. The van der Waals surface area contributed by atoms with Gasteiger partial charge in [-0.3, -0.25) is 0 Å². The van der Waals surface area contributed by atoms with E-state index in [4.69, 9.17) is 0 Å². The summed E-state index contributed by atoms with van der Waals surface area (Å²) in [7, 11) is 0.685. The molecule has 1 aromatic carbocycles. The predicted molar refractivity (Wildman–Crippen MR) is 99.4 cm³/mol. The molecule has 130 valence electrons. The largest absolute Gasteiger partial charge is 0.309 e. The van der Waals surface area contributed by atoms with E-state index in [2.05, 4.69) is 17.1 Å². The van der Waals surface area contributed by atoms with Gasteiger partial charge in [0.25, 0.3) is 0 Å². The Morgan fingerprint density at radius 1 is 1.21 bits per heavy atom. The summed E-state index contributed by atoms with van der Waals surface area (Å²) in [6, 6.07) is 9.51. The van der Waals surface area contributed by atoms with Crippen molar-refractivity contribution in [2.24, 2.45) is 0 Å². The monoisotopic (exact) mass is 346 g/mol. The molecule has 0 spiro atoms. The Balaban J connectivity index is 1.96. The van der Waals surface area contributed by atoms with Gasteiger partial charge in [-0.1, -0.05) is 30.4 Å². The minimum Gasteiger partial charge on any atom is -0.309 e. The molecule has 0 aromatic heterocycles. The summed E-state index contributed by atoms with van der Waals surface area (Å²) in [4.78, 5) is 2.11. The summed E-state index contributed by atoms with van der Waals surface area (Å²) in [5.41, 5.74) is 2.92. The first kappa shape index (κ1) is 17.2. The molecule has 1 aromatic rings. The molecule has 1 aliphatic carbocycles. The average Bonchev–Trinajstić information content (AvgIpc) is 2.55. The number of rotatable bonds is 5. The van der Waals surface area contributed by atoms with Gasteiger partial charge in [-0.2, -0.15) is 0 Å². The first-order chi connectivity index (χ1) is 11.5. The van der Waals surface area contributed by atoms with Crippen LogP contribution in [0.5, 0.6) is 0 Å². The van der Waals surface area contributed by atoms with E-state index in [0.717, 1.165) is 37.2 Å². The van der Waals surface area contributed by atoms with Crippen LogP contribution in [0.25, 0.3) is 0 Å². The zero-order valence-corrected chi connectivity index (χ0v) is 15.3. The van der Waals surface area contributed by atoms with Gasteiger partial charge >= 0.3 is 0 Å². The molecule has 1 aliphatic heterocycles. The quantitative estimate of drug-likeness (QED) is 0.819. The molecule has 0 N–H and O–H groups in total. The molecule has 24 heavy (non-hydrogen) atoms. The number of hydrogen-bond acceptors (Lipinski definition) is 3. The number of anilines is 1. The summed E-state index contributed by atoms with van der Waals surface area (Å²) in [5.74, 6) is 0. The number of sulfonamides is 1. The fourth-order valence-electron chi connectivity index (χ4n) is 3.53. The van der Waals surface area contributed by atoms with E-state index in [0.29, 0.717) is 12.8 Å². The van der Waals surface area contributed by atoms with Crippen molar-refractivity contribution in [1.29, 1.82) is 0 Å². The highest BCUT2D eigenvalue weighted by molar-refractivity contribution is 7.93. The maximum absolute atomic E-state index is 13.3. The van der Waals surface area contributed by atoms with Crippen molar-refractivity contribution < 1.29 is 8.42 Å². The van der Waals surface area contributed by atoms with Crippen LogP contribution < -0.4 is 4.31 Å². The Labute approximate surface area is 145 Å². The highest BCUT2D eigenvalue weighted by Crippen LogP contribution is 2.40. The van der Waals surface area contributed by atoms with Crippen molar-refractivity contribution in [1.82, 2.24) is 4.90 Å². The number of nitrogens with zero attached hydrogens (tertiary/aromatic N) is 2. The van der Waals surface area contributed by atoms with E-state index in [1.54, 1.807) is 4.31 Å². The molecular formula is C19H26N2O2S.